The largest absolute Gasteiger partial charge is 0.454 e. The van der Waals surface area contributed by atoms with E-state index in [1.165, 1.54) is 5.56 Å². The Morgan fingerprint density at radius 3 is 2.88 bits per heavy atom. The molecule has 3 nitrogen and oxygen atoms in total. The van der Waals surface area contributed by atoms with Crippen LogP contribution >= 0.6 is 15.9 Å². The zero-order chi connectivity index (χ0) is 11.7. The molecule has 4 heteroatoms. The Balaban J connectivity index is 1.69. The second-order valence-corrected chi connectivity index (χ2v) is 5.19. The Morgan fingerprint density at radius 2 is 2.06 bits per heavy atom. The third-order valence-electron chi connectivity index (χ3n) is 3.09. The van der Waals surface area contributed by atoms with Gasteiger partial charge in [0.05, 0.1) is 4.47 Å². The fraction of sp³-hybridized carbons (Fsp3) is 0.385. The van der Waals surface area contributed by atoms with Crippen LogP contribution < -0.4 is 14.8 Å². The van der Waals surface area contributed by atoms with Gasteiger partial charge in [0, 0.05) is 12.6 Å². The van der Waals surface area contributed by atoms with Crippen molar-refractivity contribution >= 4 is 15.9 Å². The number of rotatable bonds is 3. The minimum absolute atomic E-state index is 0.317. The van der Waals surface area contributed by atoms with Gasteiger partial charge >= 0.3 is 0 Å². The van der Waals surface area contributed by atoms with Gasteiger partial charge < -0.3 is 14.8 Å². The molecule has 1 aromatic carbocycles. The molecule has 0 radical (unpaired) electrons. The standard InChI is InChI=1S/C13H14BrNO2/c14-11-5-9(6-12-13(11)17-8-16-12)7-15-10-3-1-2-4-10/h1-2,5-6,10,15H,3-4,7-8H2. The molecule has 3 rings (SSSR count). The van der Waals surface area contributed by atoms with Crippen LogP contribution in [0.5, 0.6) is 11.5 Å². The molecule has 1 N–H and O–H groups in total. The lowest BCUT2D eigenvalue weighted by Crippen LogP contribution is -2.25. The zero-order valence-electron chi connectivity index (χ0n) is 9.41. The summed E-state index contributed by atoms with van der Waals surface area (Å²) in [4.78, 5) is 0. The molecule has 1 heterocycles. The normalized spacial score (nSPS) is 17.9. The van der Waals surface area contributed by atoms with Crippen LogP contribution in [0.1, 0.15) is 18.4 Å². The lowest BCUT2D eigenvalue weighted by atomic mass is 10.1. The molecule has 90 valence electrons. The van der Waals surface area contributed by atoms with Crippen LogP contribution in [0.25, 0.3) is 0 Å². The number of nitrogens with one attached hydrogen (secondary N) is 1. The van der Waals surface area contributed by atoms with E-state index in [1.807, 2.05) is 6.07 Å². The van der Waals surface area contributed by atoms with Crippen molar-refractivity contribution in [3.63, 3.8) is 0 Å². The van der Waals surface area contributed by atoms with Gasteiger partial charge in [-0.25, -0.2) is 0 Å². The first-order chi connectivity index (χ1) is 8.33. The Morgan fingerprint density at radius 1 is 1.24 bits per heavy atom. The van der Waals surface area contributed by atoms with Crippen LogP contribution in [-0.2, 0) is 6.54 Å². The first-order valence-electron chi connectivity index (χ1n) is 5.79. The summed E-state index contributed by atoms with van der Waals surface area (Å²) in [7, 11) is 0. The minimum atomic E-state index is 0.317. The molecular formula is C13H14BrNO2. The SMILES string of the molecule is Brc1cc(CNC2CC=CC2)cc2c1OCO2. The Bertz CT molecular complexity index is 451. The molecule has 2 aliphatic rings. The summed E-state index contributed by atoms with van der Waals surface area (Å²) in [5.74, 6) is 1.65. The molecule has 0 unspecified atom stereocenters. The fourth-order valence-electron chi connectivity index (χ4n) is 2.17. The van der Waals surface area contributed by atoms with Gasteiger partial charge in [-0.2, -0.15) is 0 Å². The maximum absolute atomic E-state index is 5.40. The van der Waals surface area contributed by atoms with Gasteiger partial charge in [0.15, 0.2) is 11.5 Å². The van der Waals surface area contributed by atoms with Crippen LogP contribution in [-0.4, -0.2) is 12.8 Å². The van der Waals surface area contributed by atoms with Crippen LogP contribution in [0.3, 0.4) is 0 Å². The van der Waals surface area contributed by atoms with Crippen molar-refractivity contribution in [1.82, 2.24) is 5.32 Å². The predicted molar refractivity (Wildman–Crippen MR) is 69.3 cm³/mol. The quantitative estimate of drug-likeness (QED) is 0.870. The minimum Gasteiger partial charge on any atom is -0.454 e. The van der Waals surface area contributed by atoms with Crippen molar-refractivity contribution in [3.8, 4) is 11.5 Å². The maximum Gasteiger partial charge on any atom is 0.231 e. The molecule has 1 aliphatic carbocycles. The van der Waals surface area contributed by atoms with E-state index in [0.717, 1.165) is 35.4 Å². The van der Waals surface area contributed by atoms with Crippen molar-refractivity contribution < 1.29 is 9.47 Å². The van der Waals surface area contributed by atoms with Crippen LogP contribution in [0.2, 0.25) is 0 Å². The zero-order valence-corrected chi connectivity index (χ0v) is 11.0. The molecule has 0 bridgehead atoms. The number of halogens is 1. The van der Waals surface area contributed by atoms with Gasteiger partial charge in [-0.3, -0.25) is 0 Å². The summed E-state index contributed by atoms with van der Waals surface area (Å²) >= 11 is 3.51. The van der Waals surface area contributed by atoms with Gasteiger partial charge in [-0.1, -0.05) is 12.2 Å². The fourth-order valence-corrected chi connectivity index (χ4v) is 2.77. The molecule has 0 atom stereocenters. The molecule has 0 aromatic heterocycles. The summed E-state index contributed by atoms with van der Waals surface area (Å²) in [5.41, 5.74) is 1.22. The van der Waals surface area contributed by atoms with Gasteiger partial charge in [-0.15, -0.1) is 0 Å². The van der Waals surface area contributed by atoms with Crippen molar-refractivity contribution in [2.45, 2.75) is 25.4 Å². The smallest absolute Gasteiger partial charge is 0.231 e. The van der Waals surface area contributed by atoms with E-state index in [1.54, 1.807) is 0 Å². The average molecular weight is 296 g/mol. The van der Waals surface area contributed by atoms with Crippen LogP contribution in [0.15, 0.2) is 28.8 Å². The highest BCUT2D eigenvalue weighted by Crippen LogP contribution is 2.39. The Kier molecular flexibility index (Phi) is 3.07. The summed E-state index contributed by atoms with van der Waals surface area (Å²) in [6, 6.07) is 4.71. The summed E-state index contributed by atoms with van der Waals surface area (Å²) in [6.45, 7) is 1.18. The molecule has 0 saturated heterocycles. The van der Waals surface area contributed by atoms with E-state index < -0.39 is 0 Å². The number of hydrogen-bond acceptors (Lipinski definition) is 3. The van der Waals surface area contributed by atoms with E-state index >= 15 is 0 Å². The van der Waals surface area contributed by atoms with Crippen molar-refractivity contribution in [3.05, 3.63) is 34.3 Å². The second kappa shape index (κ2) is 4.70. The molecule has 17 heavy (non-hydrogen) atoms. The molecule has 0 amide bonds. The van der Waals surface area contributed by atoms with Crippen molar-refractivity contribution in [1.29, 1.82) is 0 Å². The Hall–Kier alpha value is -1.00. The van der Waals surface area contributed by atoms with Gasteiger partial charge in [0.2, 0.25) is 6.79 Å². The first-order valence-corrected chi connectivity index (χ1v) is 6.58. The molecule has 1 aliphatic heterocycles. The molecule has 0 fully saturated rings. The van der Waals surface area contributed by atoms with E-state index in [-0.39, 0.29) is 0 Å². The van der Waals surface area contributed by atoms with Gasteiger partial charge in [0.25, 0.3) is 0 Å². The average Bonchev–Trinajstić information content (AvgIpc) is 2.97. The number of ether oxygens (including phenoxy) is 2. The highest BCUT2D eigenvalue weighted by Gasteiger charge is 2.18. The molecule has 0 saturated carbocycles. The third kappa shape index (κ3) is 2.33. The lowest BCUT2D eigenvalue weighted by Gasteiger charge is -2.12. The summed E-state index contributed by atoms with van der Waals surface area (Å²) in [6.07, 6.45) is 6.72. The van der Waals surface area contributed by atoms with Gasteiger partial charge in [0.1, 0.15) is 0 Å². The monoisotopic (exact) mass is 295 g/mol. The third-order valence-corrected chi connectivity index (χ3v) is 3.68. The van der Waals surface area contributed by atoms with Crippen LogP contribution in [0.4, 0.5) is 0 Å². The summed E-state index contributed by atoms with van der Waals surface area (Å²) < 4.78 is 11.7. The molecule has 0 spiro atoms. The highest BCUT2D eigenvalue weighted by molar-refractivity contribution is 9.10. The van der Waals surface area contributed by atoms with Crippen molar-refractivity contribution in [2.75, 3.05) is 6.79 Å². The highest BCUT2D eigenvalue weighted by atomic mass is 79.9. The second-order valence-electron chi connectivity index (χ2n) is 4.33. The van der Waals surface area contributed by atoms with E-state index in [9.17, 15) is 0 Å². The number of benzene rings is 1. The van der Waals surface area contributed by atoms with Crippen molar-refractivity contribution in [2.24, 2.45) is 0 Å². The molecule has 1 aromatic rings. The van der Waals surface area contributed by atoms with E-state index in [0.29, 0.717) is 12.8 Å². The van der Waals surface area contributed by atoms with Crippen LogP contribution in [0, 0.1) is 0 Å². The predicted octanol–water partition coefficient (Wildman–Crippen LogP) is 2.99. The molecular weight excluding hydrogens is 282 g/mol. The van der Waals surface area contributed by atoms with Gasteiger partial charge in [-0.05, 0) is 46.5 Å². The maximum atomic E-state index is 5.40. The first kappa shape index (κ1) is 11.1. The summed E-state index contributed by atoms with van der Waals surface area (Å²) in [5, 5.41) is 3.54. The number of hydrogen-bond donors (Lipinski definition) is 1. The topological polar surface area (TPSA) is 30.5 Å². The van der Waals surface area contributed by atoms with E-state index in [4.69, 9.17) is 9.47 Å². The number of fused-ring (bicyclic) bond motifs is 1. The lowest BCUT2D eigenvalue weighted by molar-refractivity contribution is 0.173. The van der Waals surface area contributed by atoms with E-state index in [2.05, 4.69) is 39.5 Å². The Labute approximate surface area is 109 Å².